The Morgan fingerprint density at radius 3 is 2.30 bits per heavy atom. The molecule has 0 saturated heterocycles. The van der Waals surface area contributed by atoms with Crippen molar-refractivity contribution in [3.8, 4) is 0 Å². The zero-order chi connectivity index (χ0) is 15.3. The molecule has 0 aliphatic carbocycles. The van der Waals surface area contributed by atoms with Gasteiger partial charge in [0.25, 0.3) is 0 Å². The summed E-state index contributed by atoms with van der Waals surface area (Å²) in [5.41, 5.74) is -0.246. The zero-order valence-corrected chi connectivity index (χ0v) is 11.8. The Morgan fingerprint density at radius 1 is 1.30 bits per heavy atom. The molecule has 1 atom stereocenters. The van der Waals surface area contributed by atoms with Crippen molar-refractivity contribution in [3.05, 3.63) is 48.3 Å². The Bertz CT molecular complexity index is 503. The molecule has 0 spiro atoms. The summed E-state index contributed by atoms with van der Waals surface area (Å²) in [5.74, 6) is -1.55. The van der Waals surface area contributed by atoms with E-state index in [1.807, 2.05) is 0 Å². The smallest absolute Gasteiger partial charge is 0.333 e. The van der Waals surface area contributed by atoms with E-state index in [-0.39, 0.29) is 0 Å². The fourth-order valence-electron chi connectivity index (χ4n) is 1.50. The molecule has 5 heteroatoms. The average molecular weight is 279 g/mol. The number of rotatable bonds is 4. The van der Waals surface area contributed by atoms with Crippen LogP contribution in [0.5, 0.6) is 0 Å². The Morgan fingerprint density at radius 2 is 1.85 bits per heavy atom. The molecule has 1 aromatic rings. The van der Waals surface area contributed by atoms with Crippen LogP contribution < -0.4 is 5.32 Å². The molecule has 0 radical (unpaired) electrons. The molecule has 1 amide bonds. The van der Waals surface area contributed by atoms with E-state index in [1.165, 1.54) is 24.3 Å². The number of hydrogen-bond donors (Lipinski definition) is 1. The minimum absolute atomic E-state index is 0.424. The van der Waals surface area contributed by atoms with Gasteiger partial charge in [-0.2, -0.15) is 0 Å². The molecule has 0 bridgehead atoms. The van der Waals surface area contributed by atoms with Gasteiger partial charge in [-0.1, -0.05) is 18.7 Å². The third kappa shape index (κ3) is 4.84. The Kier molecular flexibility index (Phi) is 5.02. The molecular weight excluding hydrogens is 261 g/mol. The average Bonchev–Trinajstić information content (AvgIpc) is 2.34. The van der Waals surface area contributed by atoms with Crippen LogP contribution in [0.4, 0.5) is 4.39 Å². The lowest BCUT2D eigenvalue weighted by molar-refractivity contribution is -0.158. The first-order valence-corrected chi connectivity index (χ1v) is 6.14. The summed E-state index contributed by atoms with van der Waals surface area (Å²) < 4.78 is 18.2. The van der Waals surface area contributed by atoms with E-state index in [9.17, 15) is 14.0 Å². The van der Waals surface area contributed by atoms with Crippen molar-refractivity contribution in [2.75, 3.05) is 0 Å². The molecule has 0 saturated carbocycles. The lowest BCUT2D eigenvalue weighted by atomic mass is 10.1. The van der Waals surface area contributed by atoms with Crippen molar-refractivity contribution in [2.45, 2.75) is 32.4 Å². The number of benzene rings is 1. The second kappa shape index (κ2) is 6.32. The van der Waals surface area contributed by atoms with Crippen LogP contribution in [0.2, 0.25) is 0 Å². The molecule has 0 aliphatic rings. The Hall–Kier alpha value is -2.17. The van der Waals surface area contributed by atoms with Crippen molar-refractivity contribution in [2.24, 2.45) is 0 Å². The van der Waals surface area contributed by atoms with E-state index in [0.29, 0.717) is 5.56 Å². The second-order valence-electron chi connectivity index (χ2n) is 5.23. The van der Waals surface area contributed by atoms with Crippen LogP contribution in [0.3, 0.4) is 0 Å². The second-order valence-corrected chi connectivity index (χ2v) is 5.23. The Balaban J connectivity index is 3.01. The van der Waals surface area contributed by atoms with Gasteiger partial charge in [0.2, 0.25) is 5.91 Å². The molecule has 1 unspecified atom stereocenters. The highest BCUT2D eigenvalue weighted by Gasteiger charge is 2.27. The lowest BCUT2D eigenvalue weighted by Crippen LogP contribution is -2.37. The summed E-state index contributed by atoms with van der Waals surface area (Å²) in [6.07, 6.45) is 1.06. The molecule has 0 aromatic heterocycles. The highest BCUT2D eigenvalue weighted by molar-refractivity contribution is 5.91. The van der Waals surface area contributed by atoms with E-state index in [1.54, 1.807) is 20.8 Å². The van der Waals surface area contributed by atoms with E-state index < -0.39 is 29.3 Å². The quantitative estimate of drug-likeness (QED) is 0.680. The number of carbonyl (C=O) groups excluding carboxylic acids is 2. The van der Waals surface area contributed by atoms with Crippen molar-refractivity contribution in [1.82, 2.24) is 5.32 Å². The molecule has 4 nitrogen and oxygen atoms in total. The highest BCUT2D eigenvalue weighted by atomic mass is 19.1. The molecule has 1 rings (SSSR count). The van der Waals surface area contributed by atoms with Crippen LogP contribution in [0.1, 0.15) is 32.4 Å². The number of halogens is 1. The maximum Gasteiger partial charge on any atom is 0.333 e. The van der Waals surface area contributed by atoms with Gasteiger partial charge >= 0.3 is 5.97 Å². The lowest BCUT2D eigenvalue weighted by Gasteiger charge is -2.24. The number of carbonyl (C=O) groups is 2. The van der Waals surface area contributed by atoms with Crippen LogP contribution in [0.15, 0.2) is 36.9 Å². The molecule has 1 N–H and O–H groups in total. The normalized spacial score (nSPS) is 12.4. The number of hydrogen-bond acceptors (Lipinski definition) is 3. The SMILES string of the molecule is C=CC(=O)NC(C(=O)OC(C)(C)C)c1ccc(F)cc1. The molecule has 108 valence electrons. The summed E-state index contributed by atoms with van der Waals surface area (Å²) in [6.45, 7) is 8.50. The number of nitrogens with one attached hydrogen (secondary N) is 1. The Labute approximate surface area is 117 Å². The monoisotopic (exact) mass is 279 g/mol. The first-order chi connectivity index (χ1) is 9.23. The van der Waals surface area contributed by atoms with Gasteiger partial charge < -0.3 is 10.1 Å². The van der Waals surface area contributed by atoms with Crippen LogP contribution in [-0.2, 0) is 14.3 Å². The highest BCUT2D eigenvalue weighted by Crippen LogP contribution is 2.19. The summed E-state index contributed by atoms with van der Waals surface area (Å²) in [5, 5.41) is 2.47. The number of amides is 1. The van der Waals surface area contributed by atoms with Gasteiger partial charge in [-0.3, -0.25) is 4.79 Å². The van der Waals surface area contributed by atoms with Crippen LogP contribution in [-0.4, -0.2) is 17.5 Å². The third-order valence-corrected chi connectivity index (χ3v) is 2.32. The fraction of sp³-hybridized carbons (Fsp3) is 0.333. The van der Waals surface area contributed by atoms with Gasteiger partial charge in [0, 0.05) is 0 Å². The largest absolute Gasteiger partial charge is 0.458 e. The van der Waals surface area contributed by atoms with Gasteiger partial charge in [0.05, 0.1) is 0 Å². The van der Waals surface area contributed by atoms with Gasteiger partial charge in [-0.05, 0) is 44.5 Å². The van der Waals surface area contributed by atoms with Crippen LogP contribution in [0, 0.1) is 5.82 Å². The van der Waals surface area contributed by atoms with Gasteiger partial charge in [0.15, 0.2) is 6.04 Å². The molecule has 20 heavy (non-hydrogen) atoms. The van der Waals surface area contributed by atoms with E-state index in [4.69, 9.17) is 4.74 Å². The first kappa shape index (κ1) is 15.9. The van der Waals surface area contributed by atoms with Crippen molar-refractivity contribution in [3.63, 3.8) is 0 Å². The molecular formula is C15H18FNO3. The molecule has 1 aromatic carbocycles. The zero-order valence-electron chi connectivity index (χ0n) is 11.8. The molecule has 0 fully saturated rings. The summed E-state index contributed by atoms with van der Waals surface area (Å²) in [7, 11) is 0. The predicted octanol–water partition coefficient (Wildman–Crippen LogP) is 2.51. The maximum absolute atomic E-state index is 12.9. The minimum atomic E-state index is -1.000. The van der Waals surface area contributed by atoms with E-state index in [2.05, 4.69) is 11.9 Å². The fourth-order valence-corrected chi connectivity index (χ4v) is 1.50. The number of esters is 1. The van der Waals surface area contributed by atoms with Gasteiger partial charge in [-0.25, -0.2) is 9.18 Å². The number of ether oxygens (including phenoxy) is 1. The van der Waals surface area contributed by atoms with Crippen LogP contribution >= 0.6 is 0 Å². The van der Waals surface area contributed by atoms with E-state index >= 15 is 0 Å². The predicted molar refractivity (Wildman–Crippen MR) is 73.3 cm³/mol. The first-order valence-electron chi connectivity index (χ1n) is 6.14. The summed E-state index contributed by atoms with van der Waals surface area (Å²) in [4.78, 5) is 23.6. The van der Waals surface area contributed by atoms with Gasteiger partial charge in [0.1, 0.15) is 11.4 Å². The van der Waals surface area contributed by atoms with Crippen molar-refractivity contribution in [1.29, 1.82) is 0 Å². The van der Waals surface area contributed by atoms with Crippen molar-refractivity contribution >= 4 is 11.9 Å². The molecule has 0 aliphatic heterocycles. The molecule has 0 heterocycles. The summed E-state index contributed by atoms with van der Waals surface area (Å²) >= 11 is 0. The van der Waals surface area contributed by atoms with Crippen LogP contribution in [0.25, 0.3) is 0 Å². The van der Waals surface area contributed by atoms with E-state index in [0.717, 1.165) is 6.08 Å². The van der Waals surface area contributed by atoms with Crippen molar-refractivity contribution < 1.29 is 18.7 Å². The minimum Gasteiger partial charge on any atom is -0.458 e. The standard InChI is InChI=1S/C15H18FNO3/c1-5-12(18)17-13(14(19)20-15(2,3)4)10-6-8-11(16)9-7-10/h5-9,13H,1H2,2-4H3,(H,17,18). The van der Waals surface area contributed by atoms with Gasteiger partial charge in [-0.15, -0.1) is 0 Å². The third-order valence-electron chi connectivity index (χ3n) is 2.32. The summed E-state index contributed by atoms with van der Waals surface area (Å²) in [6, 6.07) is 4.28. The maximum atomic E-state index is 12.9. The topological polar surface area (TPSA) is 55.4 Å².